The summed E-state index contributed by atoms with van der Waals surface area (Å²) in [5, 5.41) is 6.11. The van der Waals surface area contributed by atoms with Crippen LogP contribution in [0.25, 0.3) is 44.5 Å². The van der Waals surface area contributed by atoms with E-state index in [4.69, 9.17) is 0 Å². The lowest BCUT2D eigenvalue weighted by Crippen LogP contribution is -2.49. The lowest BCUT2D eigenvalue weighted by molar-refractivity contribution is 1.29. The maximum absolute atomic E-state index is 2.52. The van der Waals surface area contributed by atoms with E-state index in [1.54, 1.807) is 5.19 Å². The molecule has 2 aliphatic heterocycles. The molecule has 3 heteroatoms. The highest BCUT2D eigenvalue weighted by atomic mass is 28.3. The third-order valence-corrected chi connectivity index (χ3v) is 18.1. The van der Waals surface area contributed by atoms with Crippen LogP contribution in [0.2, 0.25) is 26.2 Å². The van der Waals surface area contributed by atoms with Crippen LogP contribution >= 0.6 is 0 Å². The number of hydrogen-bond acceptors (Lipinski definition) is 1. The second-order valence-corrected chi connectivity index (χ2v) is 23.3. The van der Waals surface area contributed by atoms with E-state index in [0.29, 0.717) is 0 Å². The molecule has 0 saturated heterocycles. The number of hydrogen-bond donors (Lipinski definition) is 0. The van der Waals surface area contributed by atoms with Gasteiger partial charge >= 0.3 is 0 Å². The van der Waals surface area contributed by atoms with Crippen molar-refractivity contribution >= 4 is 54.0 Å². The van der Waals surface area contributed by atoms with Crippen LogP contribution < -0.4 is 25.6 Å². The van der Waals surface area contributed by atoms with E-state index in [-0.39, 0.29) is 0 Å². The van der Waals surface area contributed by atoms with E-state index < -0.39 is 16.1 Å². The third kappa shape index (κ3) is 4.72. The van der Waals surface area contributed by atoms with Crippen molar-refractivity contribution in [2.24, 2.45) is 0 Å². The van der Waals surface area contributed by atoms with Crippen molar-refractivity contribution < 1.29 is 0 Å². The normalized spacial score (nSPS) is 14.4. The summed E-state index contributed by atoms with van der Waals surface area (Å²) in [5.41, 5.74) is 14.3. The van der Waals surface area contributed by atoms with Crippen molar-refractivity contribution in [3.8, 4) is 44.5 Å². The number of benzene rings is 7. The zero-order valence-electron chi connectivity index (χ0n) is 28.5. The third-order valence-electron chi connectivity index (χ3n) is 11.1. The molecule has 49 heavy (non-hydrogen) atoms. The predicted octanol–water partition coefficient (Wildman–Crippen LogP) is 10.1. The molecule has 0 atom stereocenters. The fourth-order valence-electron chi connectivity index (χ4n) is 8.39. The Morgan fingerprint density at radius 1 is 0.306 bits per heavy atom. The largest absolute Gasteiger partial charge is 0.311 e. The monoisotopic (exact) mass is 661 g/mol. The average Bonchev–Trinajstić information content (AvgIpc) is 3.51. The fourth-order valence-corrected chi connectivity index (χ4v) is 14.6. The lowest BCUT2D eigenvalue weighted by Gasteiger charge is -2.29. The summed E-state index contributed by atoms with van der Waals surface area (Å²) in [5.74, 6) is 0. The van der Waals surface area contributed by atoms with Crippen LogP contribution in [0.15, 0.2) is 164 Å². The molecule has 0 aliphatic carbocycles. The molecule has 2 aliphatic rings. The van der Waals surface area contributed by atoms with Crippen LogP contribution in [0.5, 0.6) is 0 Å². The molecular formula is C46H39NSi2. The van der Waals surface area contributed by atoms with Gasteiger partial charge in [-0.3, -0.25) is 0 Å². The number of fused-ring (bicyclic) bond motifs is 6. The molecule has 0 spiro atoms. The number of anilines is 3. The first-order chi connectivity index (χ1) is 23.8. The van der Waals surface area contributed by atoms with Gasteiger partial charge < -0.3 is 4.90 Å². The molecule has 9 rings (SSSR count). The first-order valence-corrected chi connectivity index (χ1v) is 23.4. The SMILES string of the molecule is C[Si]1(C)c2ccccc2-c2ccc(N(c3ccc(-c4ccccc4)cc3)c3ccc4c(c3)[Si](C)(C)c3cc(-c5ccccc5)ccc3-4)cc21. The van der Waals surface area contributed by atoms with Crippen LogP contribution in [0.1, 0.15) is 0 Å². The molecule has 1 nitrogen and oxygen atoms in total. The summed E-state index contributed by atoms with van der Waals surface area (Å²) < 4.78 is 0. The van der Waals surface area contributed by atoms with Crippen molar-refractivity contribution in [1.82, 2.24) is 0 Å². The summed E-state index contributed by atoms with van der Waals surface area (Å²) in [6, 6.07) is 61.3. The Balaban J connectivity index is 1.18. The smallest absolute Gasteiger partial charge is 0.113 e. The van der Waals surface area contributed by atoms with E-state index in [1.165, 1.54) is 77.1 Å². The maximum Gasteiger partial charge on any atom is 0.113 e. The van der Waals surface area contributed by atoms with Gasteiger partial charge in [-0.05, 0) is 102 Å². The van der Waals surface area contributed by atoms with Crippen molar-refractivity contribution in [3.63, 3.8) is 0 Å². The van der Waals surface area contributed by atoms with Crippen molar-refractivity contribution in [2.45, 2.75) is 26.2 Å². The van der Waals surface area contributed by atoms with E-state index in [1.807, 2.05) is 0 Å². The van der Waals surface area contributed by atoms with Crippen molar-refractivity contribution in [3.05, 3.63) is 164 Å². The Bertz CT molecular complexity index is 2370. The summed E-state index contributed by atoms with van der Waals surface area (Å²) in [7, 11) is -3.83. The highest BCUT2D eigenvalue weighted by Crippen LogP contribution is 2.40. The molecule has 0 N–H and O–H groups in total. The first-order valence-electron chi connectivity index (χ1n) is 17.4. The van der Waals surface area contributed by atoms with E-state index in [2.05, 4.69) is 195 Å². The minimum Gasteiger partial charge on any atom is -0.311 e. The Morgan fingerprint density at radius 3 is 1.29 bits per heavy atom. The first kappa shape index (κ1) is 29.9. The highest BCUT2D eigenvalue weighted by molar-refractivity contribution is 7.04. The van der Waals surface area contributed by atoms with Gasteiger partial charge in [-0.25, -0.2) is 0 Å². The number of rotatable bonds is 5. The van der Waals surface area contributed by atoms with Crippen LogP contribution in [0.3, 0.4) is 0 Å². The van der Waals surface area contributed by atoms with Gasteiger partial charge in [0, 0.05) is 17.1 Å². The highest BCUT2D eigenvalue weighted by Gasteiger charge is 2.39. The molecule has 0 aromatic heterocycles. The van der Waals surface area contributed by atoms with Gasteiger partial charge in [0.05, 0.1) is 0 Å². The Hall–Kier alpha value is -5.23. The second kappa shape index (κ2) is 11.2. The fraction of sp³-hybridized carbons (Fsp3) is 0.0870. The molecule has 2 heterocycles. The summed E-state index contributed by atoms with van der Waals surface area (Å²) in [4.78, 5) is 2.49. The van der Waals surface area contributed by atoms with Crippen LogP contribution in [-0.4, -0.2) is 16.1 Å². The van der Waals surface area contributed by atoms with Gasteiger partial charge in [0.25, 0.3) is 0 Å². The quantitative estimate of drug-likeness (QED) is 0.166. The van der Waals surface area contributed by atoms with Gasteiger partial charge in [-0.2, -0.15) is 0 Å². The van der Waals surface area contributed by atoms with Crippen molar-refractivity contribution in [2.75, 3.05) is 4.90 Å². The predicted molar refractivity (Wildman–Crippen MR) is 216 cm³/mol. The summed E-state index contributed by atoms with van der Waals surface area (Å²) in [6.07, 6.45) is 0. The second-order valence-electron chi connectivity index (χ2n) is 14.6. The Morgan fingerprint density at radius 2 is 0.694 bits per heavy atom. The molecule has 0 radical (unpaired) electrons. The Labute approximate surface area is 292 Å². The molecule has 0 unspecified atom stereocenters. The molecule has 0 bridgehead atoms. The van der Waals surface area contributed by atoms with Crippen LogP contribution in [0, 0.1) is 0 Å². The standard InChI is InChI=1S/C46H39NSi2/c1-48(2)43-18-12-11-17-39(43)41-27-24-37(30-45(41)48)47(36-22-19-34(20-23-36)32-13-7-5-8-14-32)38-25-28-42-40-26-21-35(33-15-9-6-10-16-33)29-44(40)49(3,4)46(42)31-38/h5-31H,1-4H3. The molecule has 0 saturated carbocycles. The van der Waals surface area contributed by atoms with E-state index in [0.717, 1.165) is 0 Å². The lowest BCUT2D eigenvalue weighted by atomic mass is 10.00. The molecule has 0 fully saturated rings. The number of nitrogens with zero attached hydrogens (tertiary/aromatic N) is 1. The minimum absolute atomic E-state index is 1.18. The van der Waals surface area contributed by atoms with Gasteiger partial charge in [0.1, 0.15) is 16.1 Å². The van der Waals surface area contributed by atoms with Gasteiger partial charge in [-0.15, -0.1) is 0 Å². The van der Waals surface area contributed by atoms with Crippen molar-refractivity contribution in [1.29, 1.82) is 0 Å². The van der Waals surface area contributed by atoms with Gasteiger partial charge in [-0.1, -0.05) is 154 Å². The molecule has 236 valence electrons. The molecule has 7 aromatic rings. The molecular weight excluding hydrogens is 623 g/mol. The van der Waals surface area contributed by atoms with Crippen LogP contribution in [-0.2, 0) is 0 Å². The summed E-state index contributed by atoms with van der Waals surface area (Å²) in [6.45, 7) is 10.1. The maximum atomic E-state index is 2.52. The molecule has 0 amide bonds. The average molecular weight is 662 g/mol. The summed E-state index contributed by atoms with van der Waals surface area (Å²) >= 11 is 0. The van der Waals surface area contributed by atoms with Crippen LogP contribution in [0.4, 0.5) is 17.1 Å². The van der Waals surface area contributed by atoms with E-state index >= 15 is 0 Å². The zero-order valence-corrected chi connectivity index (χ0v) is 30.5. The van der Waals surface area contributed by atoms with Gasteiger partial charge in [0.15, 0.2) is 0 Å². The Kier molecular flexibility index (Phi) is 6.81. The minimum atomic E-state index is -1.98. The van der Waals surface area contributed by atoms with E-state index in [9.17, 15) is 0 Å². The van der Waals surface area contributed by atoms with Gasteiger partial charge in [0.2, 0.25) is 0 Å². The topological polar surface area (TPSA) is 3.24 Å². The molecule has 7 aromatic carbocycles. The zero-order chi connectivity index (χ0) is 33.3.